The molecule has 2 aromatic carbocycles. The number of carbonyl (C=O) groups is 1. The minimum atomic E-state index is -4.51. The molecule has 1 N–H and O–H groups in total. The summed E-state index contributed by atoms with van der Waals surface area (Å²) in [6, 6.07) is 13.4. The molecule has 0 aliphatic carbocycles. The molecule has 0 saturated carbocycles. The lowest BCUT2D eigenvalue weighted by atomic mass is 10.1. The monoisotopic (exact) mass is 387 g/mol. The molecule has 0 spiro atoms. The van der Waals surface area contributed by atoms with Crippen molar-refractivity contribution in [3.05, 3.63) is 65.2 Å². The highest BCUT2D eigenvalue weighted by molar-refractivity contribution is 6.09. The molecule has 0 heterocycles. The molecule has 7 heteroatoms. The third-order valence-electron chi connectivity index (χ3n) is 4.15. The molecule has 0 bridgehead atoms. The maximum atomic E-state index is 12.8. The van der Waals surface area contributed by atoms with Crippen LogP contribution in [0, 0.1) is 11.3 Å². The number of nitriles is 1. The molecular weight excluding hydrogens is 367 g/mol. The second-order valence-electron chi connectivity index (χ2n) is 5.97. The van der Waals surface area contributed by atoms with Crippen molar-refractivity contribution in [2.75, 3.05) is 23.3 Å². The Hall–Kier alpha value is -3.27. The summed E-state index contributed by atoms with van der Waals surface area (Å²) in [6.07, 6.45) is -3.11. The molecule has 0 unspecified atom stereocenters. The van der Waals surface area contributed by atoms with Gasteiger partial charge in [0, 0.05) is 24.5 Å². The van der Waals surface area contributed by atoms with E-state index >= 15 is 0 Å². The highest BCUT2D eigenvalue weighted by atomic mass is 19.4. The Morgan fingerprint density at radius 3 is 2.32 bits per heavy atom. The lowest BCUT2D eigenvalue weighted by molar-refractivity contribution is -0.137. The number of halogens is 3. The molecule has 0 atom stereocenters. The van der Waals surface area contributed by atoms with Gasteiger partial charge in [-0.1, -0.05) is 18.2 Å². The summed E-state index contributed by atoms with van der Waals surface area (Å²) in [6.45, 7) is 5.80. The second-order valence-corrected chi connectivity index (χ2v) is 5.97. The number of nitrogens with one attached hydrogen (secondary N) is 1. The van der Waals surface area contributed by atoms with Crippen molar-refractivity contribution in [3.8, 4) is 6.07 Å². The molecule has 0 aliphatic heterocycles. The predicted octanol–water partition coefficient (Wildman–Crippen LogP) is 5.10. The van der Waals surface area contributed by atoms with Gasteiger partial charge in [0.25, 0.3) is 5.91 Å². The first kappa shape index (κ1) is 21.0. The Morgan fingerprint density at radius 1 is 1.14 bits per heavy atom. The highest BCUT2D eigenvalue weighted by Gasteiger charge is 2.30. The third kappa shape index (κ3) is 5.36. The van der Waals surface area contributed by atoms with E-state index in [2.05, 4.69) is 10.2 Å². The van der Waals surface area contributed by atoms with Crippen molar-refractivity contribution in [1.29, 1.82) is 5.26 Å². The minimum Gasteiger partial charge on any atom is -0.372 e. The van der Waals surface area contributed by atoms with E-state index in [0.717, 1.165) is 30.9 Å². The van der Waals surface area contributed by atoms with Gasteiger partial charge in [-0.25, -0.2) is 0 Å². The molecule has 0 saturated heterocycles. The topological polar surface area (TPSA) is 56.1 Å². The number of rotatable bonds is 6. The van der Waals surface area contributed by atoms with Crippen molar-refractivity contribution in [2.24, 2.45) is 0 Å². The van der Waals surface area contributed by atoms with E-state index in [9.17, 15) is 23.2 Å². The average molecular weight is 387 g/mol. The SMILES string of the molecule is CCN(CC)c1ccc(C=C(C#N)C(=O)Nc2cccc(C(F)(F)F)c2)cc1. The van der Waals surface area contributed by atoms with Gasteiger partial charge in [-0.2, -0.15) is 18.4 Å². The minimum absolute atomic E-state index is 0.0298. The summed E-state index contributed by atoms with van der Waals surface area (Å²) in [5.74, 6) is -0.769. The number of nitrogens with zero attached hydrogens (tertiary/aromatic N) is 2. The number of alkyl halides is 3. The van der Waals surface area contributed by atoms with Crippen molar-refractivity contribution >= 4 is 23.4 Å². The molecular formula is C21H20F3N3O. The number of amides is 1. The summed E-state index contributed by atoms with van der Waals surface area (Å²) < 4.78 is 38.3. The van der Waals surface area contributed by atoms with E-state index in [-0.39, 0.29) is 11.3 Å². The molecule has 2 rings (SSSR count). The second kappa shape index (κ2) is 9.09. The molecule has 1 amide bonds. The first-order chi connectivity index (χ1) is 13.3. The van der Waals surface area contributed by atoms with Crippen LogP contribution in [0.4, 0.5) is 24.5 Å². The highest BCUT2D eigenvalue weighted by Crippen LogP contribution is 2.30. The fourth-order valence-electron chi connectivity index (χ4n) is 2.66. The van der Waals surface area contributed by atoms with Crippen molar-refractivity contribution < 1.29 is 18.0 Å². The van der Waals surface area contributed by atoms with Crippen LogP contribution >= 0.6 is 0 Å². The van der Waals surface area contributed by atoms with Crippen LogP contribution < -0.4 is 10.2 Å². The van der Waals surface area contributed by atoms with E-state index < -0.39 is 17.6 Å². The fourth-order valence-corrected chi connectivity index (χ4v) is 2.66. The zero-order valence-electron chi connectivity index (χ0n) is 15.5. The van der Waals surface area contributed by atoms with Gasteiger partial charge in [-0.05, 0) is 55.8 Å². The number of carbonyl (C=O) groups excluding carboxylic acids is 1. The molecule has 0 fully saturated rings. The maximum absolute atomic E-state index is 12.8. The Bertz CT molecular complexity index is 892. The van der Waals surface area contributed by atoms with Crippen LogP contribution in [0.5, 0.6) is 0 Å². The largest absolute Gasteiger partial charge is 0.416 e. The Kier molecular flexibility index (Phi) is 6.83. The maximum Gasteiger partial charge on any atom is 0.416 e. The number of anilines is 2. The summed E-state index contributed by atoms with van der Waals surface area (Å²) in [5, 5.41) is 11.6. The van der Waals surface area contributed by atoms with Gasteiger partial charge in [0.1, 0.15) is 11.6 Å². The van der Waals surface area contributed by atoms with Gasteiger partial charge in [-0.3, -0.25) is 4.79 Å². The average Bonchev–Trinajstić information content (AvgIpc) is 2.67. The van der Waals surface area contributed by atoms with Crippen molar-refractivity contribution in [3.63, 3.8) is 0 Å². The van der Waals surface area contributed by atoms with Gasteiger partial charge in [-0.15, -0.1) is 0 Å². The standard InChI is InChI=1S/C21H20F3N3O/c1-3-27(4-2)19-10-8-15(9-11-19)12-16(14-25)20(28)26-18-7-5-6-17(13-18)21(22,23)24/h5-13H,3-4H2,1-2H3,(H,26,28). The van der Waals surface area contributed by atoms with Gasteiger partial charge in [0.2, 0.25) is 0 Å². The zero-order chi connectivity index (χ0) is 20.7. The summed E-state index contributed by atoms with van der Waals surface area (Å²) in [7, 11) is 0. The molecule has 146 valence electrons. The quantitative estimate of drug-likeness (QED) is 0.554. The number of hydrogen-bond donors (Lipinski definition) is 1. The molecule has 0 aromatic heterocycles. The van der Waals surface area contributed by atoms with E-state index in [4.69, 9.17) is 0 Å². The lowest BCUT2D eigenvalue weighted by Crippen LogP contribution is -2.21. The molecule has 28 heavy (non-hydrogen) atoms. The van der Waals surface area contributed by atoms with Crippen molar-refractivity contribution in [2.45, 2.75) is 20.0 Å². The summed E-state index contributed by atoms with van der Waals surface area (Å²) >= 11 is 0. The van der Waals surface area contributed by atoms with Crippen LogP contribution in [0.15, 0.2) is 54.1 Å². The normalized spacial score (nSPS) is 11.6. The smallest absolute Gasteiger partial charge is 0.372 e. The molecule has 4 nitrogen and oxygen atoms in total. The third-order valence-corrected chi connectivity index (χ3v) is 4.15. The molecule has 2 aromatic rings. The molecule has 0 aliphatic rings. The Labute approximate surface area is 161 Å². The van der Waals surface area contributed by atoms with Crippen LogP contribution in [0.2, 0.25) is 0 Å². The Morgan fingerprint density at radius 2 is 1.79 bits per heavy atom. The Balaban J connectivity index is 2.19. The molecule has 0 radical (unpaired) electrons. The van der Waals surface area contributed by atoms with E-state index in [1.165, 1.54) is 18.2 Å². The first-order valence-electron chi connectivity index (χ1n) is 8.74. The van der Waals surface area contributed by atoms with Gasteiger partial charge < -0.3 is 10.2 Å². The van der Waals surface area contributed by atoms with E-state index in [1.807, 2.05) is 26.0 Å². The zero-order valence-corrected chi connectivity index (χ0v) is 15.5. The van der Waals surface area contributed by atoms with Gasteiger partial charge in [0.05, 0.1) is 5.56 Å². The van der Waals surface area contributed by atoms with E-state index in [0.29, 0.717) is 5.56 Å². The van der Waals surface area contributed by atoms with Crippen molar-refractivity contribution in [1.82, 2.24) is 0 Å². The summed E-state index contributed by atoms with van der Waals surface area (Å²) in [4.78, 5) is 14.4. The van der Waals surface area contributed by atoms with Gasteiger partial charge >= 0.3 is 6.18 Å². The van der Waals surface area contributed by atoms with Crippen LogP contribution in [0.25, 0.3) is 6.08 Å². The van der Waals surface area contributed by atoms with Gasteiger partial charge in [0.15, 0.2) is 0 Å². The first-order valence-corrected chi connectivity index (χ1v) is 8.74. The number of hydrogen-bond acceptors (Lipinski definition) is 3. The fraction of sp³-hybridized carbons (Fsp3) is 0.238. The van der Waals surface area contributed by atoms with Crippen LogP contribution in [-0.2, 0) is 11.0 Å². The lowest BCUT2D eigenvalue weighted by Gasteiger charge is -2.20. The van der Waals surface area contributed by atoms with Crippen LogP contribution in [0.1, 0.15) is 25.0 Å². The van der Waals surface area contributed by atoms with Crippen LogP contribution in [0.3, 0.4) is 0 Å². The number of benzene rings is 2. The summed E-state index contributed by atoms with van der Waals surface area (Å²) in [5.41, 5.74) is 0.561. The van der Waals surface area contributed by atoms with E-state index in [1.54, 1.807) is 18.2 Å². The van der Waals surface area contributed by atoms with Crippen LogP contribution in [-0.4, -0.2) is 19.0 Å². The predicted molar refractivity (Wildman–Crippen MR) is 104 cm³/mol.